The van der Waals surface area contributed by atoms with Crippen molar-refractivity contribution in [3.05, 3.63) is 29.8 Å². The van der Waals surface area contributed by atoms with Crippen LogP contribution in [-0.2, 0) is 0 Å². The Morgan fingerprint density at radius 1 is 1.06 bits per heavy atom. The number of hydrogen-bond acceptors (Lipinski definition) is 3. The second kappa shape index (κ2) is 4.80. The van der Waals surface area contributed by atoms with Crippen LogP contribution >= 0.6 is 12.2 Å². The van der Waals surface area contributed by atoms with Gasteiger partial charge in [-0.25, -0.2) is 0 Å². The van der Waals surface area contributed by atoms with Gasteiger partial charge in [-0.15, -0.1) is 0 Å². The average Bonchev–Trinajstić information content (AvgIpc) is 2.30. The topological polar surface area (TPSA) is 65.2 Å². The molecule has 1 amide bonds. The van der Waals surface area contributed by atoms with Gasteiger partial charge in [0.25, 0.3) is 5.91 Å². The van der Waals surface area contributed by atoms with Gasteiger partial charge in [-0.1, -0.05) is 6.07 Å². The molecular formula is C10H12N4OS. The van der Waals surface area contributed by atoms with Crippen LogP contribution in [-0.4, -0.2) is 24.4 Å². The third-order valence-corrected chi connectivity index (χ3v) is 2.45. The zero-order chi connectivity index (χ0) is 11.4. The Morgan fingerprint density at radius 3 is 2.62 bits per heavy atom. The van der Waals surface area contributed by atoms with Gasteiger partial charge in [-0.3, -0.25) is 4.79 Å². The van der Waals surface area contributed by atoms with E-state index in [9.17, 15) is 4.79 Å². The number of rotatable bonds is 0. The third-order valence-electron chi connectivity index (χ3n) is 2.16. The molecule has 1 heterocycles. The van der Waals surface area contributed by atoms with Crippen molar-refractivity contribution in [2.75, 3.05) is 18.7 Å². The van der Waals surface area contributed by atoms with Crippen LogP contribution in [0.1, 0.15) is 10.4 Å². The molecule has 1 aromatic rings. The summed E-state index contributed by atoms with van der Waals surface area (Å²) in [4.78, 5) is 11.7. The molecule has 4 N–H and O–H groups in total. The molecule has 16 heavy (non-hydrogen) atoms. The minimum Gasteiger partial charge on any atom is -0.368 e. The first-order chi connectivity index (χ1) is 7.75. The maximum Gasteiger partial charge on any atom is 0.252 e. The highest BCUT2D eigenvalue weighted by Gasteiger charge is 2.06. The molecule has 0 spiro atoms. The second-order valence-corrected chi connectivity index (χ2v) is 3.71. The van der Waals surface area contributed by atoms with Crippen molar-refractivity contribution in [3.63, 3.8) is 0 Å². The van der Waals surface area contributed by atoms with E-state index in [1.54, 1.807) is 12.1 Å². The highest BCUT2D eigenvalue weighted by molar-refractivity contribution is 7.80. The van der Waals surface area contributed by atoms with E-state index in [1.165, 1.54) is 0 Å². The van der Waals surface area contributed by atoms with Crippen LogP contribution in [0.3, 0.4) is 0 Å². The molecule has 0 unspecified atom stereocenters. The van der Waals surface area contributed by atoms with Crippen LogP contribution in [0.15, 0.2) is 24.3 Å². The van der Waals surface area contributed by atoms with Crippen LogP contribution in [0.5, 0.6) is 0 Å². The highest BCUT2D eigenvalue weighted by Crippen LogP contribution is 2.09. The number of carbonyl (C=O) groups is 1. The summed E-state index contributed by atoms with van der Waals surface area (Å²) >= 11 is 4.99. The summed E-state index contributed by atoms with van der Waals surface area (Å²) < 4.78 is 0. The van der Waals surface area contributed by atoms with E-state index < -0.39 is 0 Å². The summed E-state index contributed by atoms with van der Waals surface area (Å²) in [5, 5.41) is 12.2. The van der Waals surface area contributed by atoms with Crippen molar-refractivity contribution in [2.24, 2.45) is 0 Å². The van der Waals surface area contributed by atoms with Gasteiger partial charge in [0.2, 0.25) is 0 Å². The van der Waals surface area contributed by atoms with Crippen LogP contribution in [0.4, 0.5) is 5.69 Å². The Hall–Kier alpha value is -1.82. The van der Waals surface area contributed by atoms with E-state index in [2.05, 4.69) is 21.3 Å². The number of benzene rings is 1. The molecule has 0 aliphatic carbocycles. The monoisotopic (exact) mass is 236 g/mol. The van der Waals surface area contributed by atoms with Crippen molar-refractivity contribution >= 4 is 28.9 Å². The highest BCUT2D eigenvalue weighted by atomic mass is 32.1. The lowest BCUT2D eigenvalue weighted by Gasteiger charge is -2.10. The first-order valence-electron chi connectivity index (χ1n) is 4.89. The van der Waals surface area contributed by atoms with Crippen molar-refractivity contribution in [3.8, 4) is 0 Å². The van der Waals surface area contributed by atoms with E-state index >= 15 is 0 Å². The molecule has 1 aromatic carbocycles. The number of carbonyl (C=O) groups excluding carboxylic acids is 1. The Kier molecular flexibility index (Phi) is 3.21. The molecule has 6 heteroatoms. The van der Waals surface area contributed by atoms with Crippen molar-refractivity contribution in [1.82, 2.24) is 16.0 Å². The lowest BCUT2D eigenvalue weighted by atomic mass is 10.2. The normalized spacial score (nSPS) is 16.0. The van der Waals surface area contributed by atoms with Crippen molar-refractivity contribution in [2.45, 2.75) is 0 Å². The maximum absolute atomic E-state index is 11.7. The first kappa shape index (κ1) is 10.7. The number of nitrogens with one attached hydrogen (secondary N) is 4. The number of amides is 1. The average molecular weight is 236 g/mol. The number of thiocarbonyl (C=S) groups is 1. The fourth-order valence-electron chi connectivity index (χ4n) is 1.37. The van der Waals surface area contributed by atoms with E-state index in [1.807, 2.05) is 12.1 Å². The summed E-state index contributed by atoms with van der Waals surface area (Å²) in [6, 6.07) is 7.29. The van der Waals surface area contributed by atoms with Crippen LogP contribution in [0.2, 0.25) is 0 Å². The fourth-order valence-corrected chi connectivity index (χ4v) is 1.51. The van der Waals surface area contributed by atoms with Gasteiger partial charge >= 0.3 is 0 Å². The smallest absolute Gasteiger partial charge is 0.252 e. The Balaban J connectivity index is 2.20. The molecule has 5 nitrogen and oxygen atoms in total. The summed E-state index contributed by atoms with van der Waals surface area (Å²) in [6.07, 6.45) is 0. The van der Waals surface area contributed by atoms with Gasteiger partial charge < -0.3 is 21.3 Å². The predicted octanol–water partition coefficient (Wildman–Crippen LogP) is 0.221. The number of anilines is 1. The first-order valence-corrected chi connectivity index (χ1v) is 5.30. The maximum atomic E-state index is 11.7. The third kappa shape index (κ3) is 2.60. The van der Waals surface area contributed by atoms with Gasteiger partial charge in [0.1, 0.15) is 0 Å². The van der Waals surface area contributed by atoms with E-state index in [4.69, 9.17) is 12.2 Å². The summed E-state index contributed by atoms with van der Waals surface area (Å²) in [5.41, 5.74) is 1.50. The summed E-state index contributed by atoms with van der Waals surface area (Å²) in [6.45, 7) is 0.832. The van der Waals surface area contributed by atoms with Crippen LogP contribution in [0, 0.1) is 0 Å². The van der Waals surface area contributed by atoms with Gasteiger partial charge in [-0.2, -0.15) is 0 Å². The Labute approximate surface area is 98.6 Å². The molecule has 0 atom stereocenters. The summed E-state index contributed by atoms with van der Waals surface area (Å²) in [7, 11) is 0. The van der Waals surface area contributed by atoms with Gasteiger partial charge in [0, 0.05) is 11.3 Å². The van der Waals surface area contributed by atoms with Gasteiger partial charge in [0.05, 0.1) is 13.3 Å². The molecule has 2 rings (SSSR count). The molecule has 0 fully saturated rings. The second-order valence-electron chi connectivity index (χ2n) is 3.30. The van der Waals surface area contributed by atoms with Gasteiger partial charge in [-0.05, 0) is 30.4 Å². The number of hydrogen-bond donors (Lipinski definition) is 4. The summed E-state index contributed by atoms with van der Waals surface area (Å²) in [5.74, 6) is -0.124. The molecule has 84 valence electrons. The van der Waals surface area contributed by atoms with Crippen molar-refractivity contribution in [1.29, 1.82) is 0 Å². The Bertz CT molecular complexity index is 421. The zero-order valence-electron chi connectivity index (χ0n) is 8.54. The lowest BCUT2D eigenvalue weighted by molar-refractivity contribution is 0.0953. The van der Waals surface area contributed by atoms with E-state index in [0.717, 1.165) is 5.69 Å². The van der Waals surface area contributed by atoms with E-state index in [-0.39, 0.29) is 5.91 Å². The molecule has 1 aliphatic rings. The molecular weight excluding hydrogens is 224 g/mol. The molecule has 0 radical (unpaired) electrons. The predicted molar refractivity (Wildman–Crippen MR) is 66.1 cm³/mol. The zero-order valence-corrected chi connectivity index (χ0v) is 9.36. The molecule has 2 bridgehead atoms. The molecule has 1 aliphatic heterocycles. The fraction of sp³-hybridized carbons (Fsp3) is 0.200. The standard InChI is InChI=1S/C10H12N4OS/c15-9-7-2-1-3-8(4-7)11-5-13-10(16)14-6-12-9/h1-4,11H,5-6H2,(H,12,15)(H2,13,14,16). The van der Waals surface area contributed by atoms with Crippen LogP contribution < -0.4 is 21.3 Å². The molecule has 0 aromatic heterocycles. The molecule has 0 saturated carbocycles. The largest absolute Gasteiger partial charge is 0.368 e. The van der Waals surface area contributed by atoms with E-state index in [0.29, 0.717) is 24.0 Å². The van der Waals surface area contributed by atoms with Gasteiger partial charge in [0.15, 0.2) is 5.11 Å². The number of fused-ring (bicyclic) bond motifs is 2. The lowest BCUT2D eigenvalue weighted by Crippen LogP contribution is -2.43. The van der Waals surface area contributed by atoms with Crippen LogP contribution in [0.25, 0.3) is 0 Å². The minimum absolute atomic E-state index is 0.124. The molecule has 0 saturated heterocycles. The minimum atomic E-state index is -0.124. The Morgan fingerprint density at radius 2 is 1.81 bits per heavy atom. The SMILES string of the molecule is O=C1NCNC(=S)NCNc2cccc1c2. The quantitative estimate of drug-likeness (QED) is 0.485. The van der Waals surface area contributed by atoms with Crippen molar-refractivity contribution < 1.29 is 4.79 Å².